The molecule has 6 nitrogen and oxygen atoms in total. The van der Waals surface area contributed by atoms with Gasteiger partial charge >= 0.3 is 0 Å². The topological polar surface area (TPSA) is 76.5 Å². The van der Waals surface area contributed by atoms with E-state index >= 15 is 0 Å². The maximum atomic E-state index is 12.9. The molecule has 0 spiro atoms. The van der Waals surface area contributed by atoms with E-state index in [1.165, 1.54) is 11.8 Å². The van der Waals surface area contributed by atoms with E-state index in [1.54, 1.807) is 18.6 Å². The molecule has 0 saturated heterocycles. The van der Waals surface area contributed by atoms with Crippen LogP contribution in [0.5, 0.6) is 0 Å². The van der Waals surface area contributed by atoms with Gasteiger partial charge in [0.2, 0.25) is 0 Å². The average Bonchev–Trinajstić information content (AvgIpc) is 3.26. The van der Waals surface area contributed by atoms with E-state index in [4.69, 9.17) is 0 Å². The SMILES string of the molecule is C[C@@H](Sc1nnc(-c2ccncc2)n1C)C(=O)c1c[nH]c2ccccc12. The summed E-state index contributed by atoms with van der Waals surface area (Å²) >= 11 is 1.41. The molecule has 0 radical (unpaired) electrons. The van der Waals surface area contributed by atoms with Crippen molar-refractivity contribution in [3.8, 4) is 11.4 Å². The van der Waals surface area contributed by atoms with Gasteiger partial charge in [-0.05, 0) is 25.1 Å². The summed E-state index contributed by atoms with van der Waals surface area (Å²) in [6, 6.07) is 11.6. The Morgan fingerprint density at radius 3 is 2.73 bits per heavy atom. The van der Waals surface area contributed by atoms with Crippen molar-refractivity contribution in [3.63, 3.8) is 0 Å². The third-order valence-electron chi connectivity index (χ3n) is 4.28. The number of ketones is 1. The average molecular weight is 363 g/mol. The van der Waals surface area contributed by atoms with Crippen molar-refractivity contribution >= 4 is 28.4 Å². The molecule has 0 bridgehead atoms. The molecule has 0 aliphatic rings. The Morgan fingerprint density at radius 2 is 1.92 bits per heavy atom. The Kier molecular flexibility index (Phi) is 4.30. The van der Waals surface area contributed by atoms with Gasteiger partial charge in [-0.2, -0.15) is 0 Å². The molecule has 0 aliphatic heterocycles. The summed E-state index contributed by atoms with van der Waals surface area (Å²) < 4.78 is 1.90. The zero-order valence-electron chi connectivity index (χ0n) is 14.4. The lowest BCUT2D eigenvalue weighted by Gasteiger charge is -2.09. The molecule has 1 aromatic carbocycles. The zero-order valence-corrected chi connectivity index (χ0v) is 15.2. The van der Waals surface area contributed by atoms with Crippen LogP contribution in [0.1, 0.15) is 17.3 Å². The van der Waals surface area contributed by atoms with Crippen molar-refractivity contribution in [3.05, 3.63) is 60.6 Å². The van der Waals surface area contributed by atoms with Gasteiger partial charge < -0.3 is 9.55 Å². The fourth-order valence-electron chi connectivity index (χ4n) is 2.88. The van der Waals surface area contributed by atoms with Gasteiger partial charge in [-0.25, -0.2) is 0 Å². The van der Waals surface area contributed by atoms with Crippen molar-refractivity contribution in [2.24, 2.45) is 7.05 Å². The Morgan fingerprint density at radius 1 is 1.15 bits per heavy atom. The summed E-state index contributed by atoms with van der Waals surface area (Å²) in [6.45, 7) is 1.90. The molecule has 1 N–H and O–H groups in total. The number of thioether (sulfide) groups is 1. The molecule has 3 heterocycles. The fraction of sp³-hybridized carbons (Fsp3) is 0.158. The second kappa shape index (κ2) is 6.76. The van der Waals surface area contributed by atoms with E-state index in [0.29, 0.717) is 10.7 Å². The van der Waals surface area contributed by atoms with E-state index in [-0.39, 0.29) is 11.0 Å². The first-order valence-corrected chi connectivity index (χ1v) is 9.10. The third-order valence-corrected chi connectivity index (χ3v) is 5.41. The highest BCUT2D eigenvalue weighted by molar-refractivity contribution is 8.00. The molecular formula is C19H17N5OS. The summed E-state index contributed by atoms with van der Waals surface area (Å²) in [5.74, 6) is 0.822. The molecule has 26 heavy (non-hydrogen) atoms. The Bertz CT molecular complexity index is 1070. The number of fused-ring (bicyclic) bond motifs is 1. The summed E-state index contributed by atoms with van der Waals surface area (Å²) in [5.41, 5.74) is 2.61. The van der Waals surface area contributed by atoms with E-state index in [9.17, 15) is 4.79 Å². The molecule has 0 aliphatic carbocycles. The Hall–Kier alpha value is -2.93. The first-order chi connectivity index (χ1) is 12.6. The van der Waals surface area contributed by atoms with Crippen LogP contribution in [-0.2, 0) is 7.05 Å². The number of carbonyl (C=O) groups excluding carboxylic acids is 1. The second-order valence-electron chi connectivity index (χ2n) is 5.97. The van der Waals surface area contributed by atoms with Gasteiger partial charge in [-0.15, -0.1) is 10.2 Å². The van der Waals surface area contributed by atoms with Crippen LogP contribution in [0.4, 0.5) is 0 Å². The number of nitrogens with one attached hydrogen (secondary N) is 1. The number of rotatable bonds is 5. The number of benzene rings is 1. The van der Waals surface area contributed by atoms with Crippen LogP contribution in [0.3, 0.4) is 0 Å². The lowest BCUT2D eigenvalue weighted by molar-refractivity contribution is 0.0995. The predicted octanol–water partition coefficient (Wildman–Crippen LogP) is 3.72. The first-order valence-electron chi connectivity index (χ1n) is 8.22. The number of carbonyl (C=O) groups is 1. The number of aromatic nitrogens is 5. The maximum absolute atomic E-state index is 12.9. The molecule has 4 rings (SSSR count). The molecule has 1 atom stereocenters. The molecule has 130 valence electrons. The van der Waals surface area contributed by atoms with Crippen LogP contribution < -0.4 is 0 Å². The first kappa shape index (κ1) is 16.5. The molecule has 0 fully saturated rings. The molecule has 0 saturated carbocycles. The second-order valence-corrected chi connectivity index (χ2v) is 7.28. The van der Waals surface area contributed by atoms with Crippen LogP contribution in [0.25, 0.3) is 22.3 Å². The minimum absolute atomic E-state index is 0.0703. The summed E-state index contributed by atoms with van der Waals surface area (Å²) in [7, 11) is 1.90. The predicted molar refractivity (Wildman–Crippen MR) is 102 cm³/mol. The van der Waals surface area contributed by atoms with Crippen molar-refractivity contribution < 1.29 is 4.79 Å². The molecule has 0 amide bonds. The van der Waals surface area contributed by atoms with Crippen molar-refractivity contribution in [1.29, 1.82) is 0 Å². The minimum atomic E-state index is -0.276. The molecule has 4 aromatic rings. The van der Waals surface area contributed by atoms with Crippen LogP contribution >= 0.6 is 11.8 Å². The van der Waals surface area contributed by atoms with E-state index < -0.39 is 0 Å². The highest BCUT2D eigenvalue weighted by atomic mass is 32.2. The lowest BCUT2D eigenvalue weighted by Crippen LogP contribution is -2.14. The number of hydrogen-bond acceptors (Lipinski definition) is 5. The van der Waals surface area contributed by atoms with Crippen LogP contribution in [0.2, 0.25) is 0 Å². The normalized spacial score (nSPS) is 12.4. The van der Waals surface area contributed by atoms with Crippen molar-refractivity contribution in [2.45, 2.75) is 17.3 Å². The lowest BCUT2D eigenvalue weighted by atomic mass is 10.1. The summed E-state index contributed by atoms with van der Waals surface area (Å²) in [4.78, 5) is 20.1. The maximum Gasteiger partial charge on any atom is 0.191 e. The highest BCUT2D eigenvalue weighted by Gasteiger charge is 2.22. The van der Waals surface area contributed by atoms with Crippen LogP contribution in [0.15, 0.2) is 60.1 Å². The molecule has 3 aromatic heterocycles. The number of pyridine rings is 1. The number of nitrogens with zero attached hydrogens (tertiary/aromatic N) is 4. The Balaban J connectivity index is 1.58. The summed E-state index contributed by atoms with van der Waals surface area (Å²) in [6.07, 6.45) is 5.23. The largest absolute Gasteiger partial charge is 0.360 e. The van der Waals surface area contributed by atoms with Gasteiger partial charge in [0.25, 0.3) is 0 Å². The van der Waals surface area contributed by atoms with Crippen molar-refractivity contribution in [1.82, 2.24) is 24.7 Å². The monoisotopic (exact) mass is 363 g/mol. The highest BCUT2D eigenvalue weighted by Crippen LogP contribution is 2.29. The standard InChI is InChI=1S/C19H17N5OS/c1-12(17(25)15-11-21-16-6-4-3-5-14(15)16)26-19-23-22-18(24(19)2)13-7-9-20-10-8-13/h3-12,21H,1-2H3/t12-/m1/s1. The van der Waals surface area contributed by atoms with Gasteiger partial charge in [0, 0.05) is 47.7 Å². The zero-order chi connectivity index (χ0) is 18.1. The van der Waals surface area contributed by atoms with E-state index in [1.807, 2.05) is 54.9 Å². The van der Waals surface area contributed by atoms with Crippen LogP contribution in [-0.4, -0.2) is 35.8 Å². The molecule has 0 unspecified atom stereocenters. The van der Waals surface area contributed by atoms with Crippen molar-refractivity contribution in [2.75, 3.05) is 0 Å². The van der Waals surface area contributed by atoms with Crippen LogP contribution in [0, 0.1) is 0 Å². The van der Waals surface area contributed by atoms with E-state index in [0.717, 1.165) is 22.3 Å². The number of aromatic amines is 1. The van der Waals surface area contributed by atoms with E-state index in [2.05, 4.69) is 20.2 Å². The number of Topliss-reactive ketones (excluding diaryl/α,β-unsaturated/α-hetero) is 1. The Labute approximate surface area is 154 Å². The molecular weight excluding hydrogens is 346 g/mol. The number of hydrogen-bond donors (Lipinski definition) is 1. The van der Waals surface area contributed by atoms with Gasteiger partial charge in [0.1, 0.15) is 0 Å². The van der Waals surface area contributed by atoms with Gasteiger partial charge in [-0.3, -0.25) is 9.78 Å². The molecule has 7 heteroatoms. The smallest absolute Gasteiger partial charge is 0.191 e. The van der Waals surface area contributed by atoms with Gasteiger partial charge in [0.15, 0.2) is 16.8 Å². The van der Waals surface area contributed by atoms with Gasteiger partial charge in [-0.1, -0.05) is 30.0 Å². The summed E-state index contributed by atoms with van der Waals surface area (Å²) in [5, 5.41) is 9.89. The minimum Gasteiger partial charge on any atom is -0.360 e. The number of para-hydroxylation sites is 1. The van der Waals surface area contributed by atoms with Gasteiger partial charge in [0.05, 0.1) is 5.25 Å². The third kappa shape index (κ3) is 2.90. The fourth-order valence-corrected chi connectivity index (χ4v) is 3.76. The number of H-pyrrole nitrogens is 1. The quantitative estimate of drug-likeness (QED) is 0.432.